The predicted octanol–water partition coefficient (Wildman–Crippen LogP) is 7.10. The standard InChI is InChI=1S/C36H37N3O4.C2H2.CH2O2/c1-25-15-31(42-24-30-7-6-8-32(26(30)2)29-9-10-34-36(17-29)41-14-13-40-34)18-35(33(25)22-39-11-4-3-5-12-39)43-23-28-16-27(19-37)20-38-21-28;1-2;2-1-3/h6-10,15-18,20-21H,3-5,11-14,22-24H2,1-2H3;1-2H;1H,(H,2,3). The Hall–Kier alpha value is -5.51. The maximum absolute atomic E-state index is 9.28. The molecule has 0 radical (unpaired) electrons. The van der Waals surface area contributed by atoms with Gasteiger partial charge in [0.25, 0.3) is 6.47 Å². The molecule has 0 spiro atoms. The SMILES string of the molecule is C#C.Cc1cc(OCc2cccc(-c3ccc4c(c3)OCCO4)c2C)cc(OCc2cncc(C#N)c2)c1CN1CCCCC1.O=CO. The van der Waals surface area contributed by atoms with E-state index in [0.29, 0.717) is 32.0 Å². The van der Waals surface area contributed by atoms with E-state index in [2.05, 4.69) is 79.0 Å². The lowest BCUT2D eigenvalue weighted by Crippen LogP contribution is -2.29. The molecule has 0 amide bonds. The van der Waals surface area contributed by atoms with Crippen LogP contribution >= 0.6 is 0 Å². The number of pyridine rings is 1. The van der Waals surface area contributed by atoms with Crippen LogP contribution in [0.5, 0.6) is 23.0 Å². The zero-order chi connectivity index (χ0) is 34.3. The van der Waals surface area contributed by atoms with Crippen LogP contribution in [0.25, 0.3) is 11.1 Å². The van der Waals surface area contributed by atoms with Gasteiger partial charge in [-0.1, -0.05) is 30.7 Å². The lowest BCUT2D eigenvalue weighted by molar-refractivity contribution is -0.122. The molecule has 1 saturated heterocycles. The molecule has 1 aromatic heterocycles. The Morgan fingerprint density at radius 1 is 0.958 bits per heavy atom. The van der Waals surface area contributed by atoms with E-state index < -0.39 is 0 Å². The first kappa shape index (κ1) is 35.3. The van der Waals surface area contributed by atoms with Crippen LogP contribution in [0.2, 0.25) is 0 Å². The third-order valence-corrected chi connectivity index (χ3v) is 8.25. The number of aromatic nitrogens is 1. The second-order valence-corrected chi connectivity index (χ2v) is 11.4. The molecule has 9 heteroatoms. The number of terminal acetylenes is 1. The highest BCUT2D eigenvalue weighted by Gasteiger charge is 2.18. The van der Waals surface area contributed by atoms with E-state index in [1.54, 1.807) is 12.4 Å². The number of benzene rings is 3. The fraction of sp³-hybridized carbons (Fsp3) is 0.308. The van der Waals surface area contributed by atoms with Crippen LogP contribution in [0.1, 0.15) is 52.6 Å². The Labute approximate surface area is 282 Å². The van der Waals surface area contributed by atoms with E-state index in [0.717, 1.165) is 70.4 Å². The number of fused-ring (bicyclic) bond motifs is 1. The summed E-state index contributed by atoms with van der Waals surface area (Å²) in [4.78, 5) is 15.1. The van der Waals surface area contributed by atoms with E-state index >= 15 is 0 Å². The average molecular weight is 648 g/mol. The lowest BCUT2D eigenvalue weighted by Gasteiger charge is -2.28. The molecule has 0 atom stereocenters. The highest BCUT2D eigenvalue weighted by atomic mass is 16.6. The van der Waals surface area contributed by atoms with Gasteiger partial charge in [0.1, 0.15) is 44.0 Å². The molecule has 2 aliphatic rings. The molecule has 1 fully saturated rings. The van der Waals surface area contributed by atoms with Crippen molar-refractivity contribution in [2.75, 3.05) is 26.3 Å². The van der Waals surface area contributed by atoms with Gasteiger partial charge < -0.3 is 24.1 Å². The van der Waals surface area contributed by atoms with Gasteiger partial charge in [0, 0.05) is 36.1 Å². The van der Waals surface area contributed by atoms with E-state index in [4.69, 9.17) is 28.8 Å². The predicted molar refractivity (Wildman–Crippen MR) is 184 cm³/mol. The fourth-order valence-electron chi connectivity index (χ4n) is 5.82. The fourth-order valence-corrected chi connectivity index (χ4v) is 5.82. The van der Waals surface area contributed by atoms with Crippen molar-refractivity contribution in [2.24, 2.45) is 0 Å². The van der Waals surface area contributed by atoms with Gasteiger partial charge in [0.2, 0.25) is 0 Å². The van der Waals surface area contributed by atoms with Crippen LogP contribution in [0.4, 0.5) is 0 Å². The zero-order valence-corrected chi connectivity index (χ0v) is 27.5. The first-order chi connectivity index (χ1) is 23.5. The van der Waals surface area contributed by atoms with Crippen LogP contribution in [-0.2, 0) is 24.6 Å². The Morgan fingerprint density at radius 2 is 1.71 bits per heavy atom. The zero-order valence-electron chi connectivity index (χ0n) is 27.5. The van der Waals surface area contributed by atoms with Crippen molar-refractivity contribution in [3.8, 4) is 53.0 Å². The third-order valence-electron chi connectivity index (χ3n) is 8.25. The first-order valence-corrected chi connectivity index (χ1v) is 15.8. The number of likely N-dealkylation sites (tertiary alicyclic amines) is 1. The summed E-state index contributed by atoms with van der Waals surface area (Å²) in [6.45, 7) is 8.96. The van der Waals surface area contributed by atoms with Crippen molar-refractivity contribution < 1.29 is 28.8 Å². The van der Waals surface area contributed by atoms with Crippen LogP contribution in [-0.4, -0.2) is 47.8 Å². The number of hydrogen-bond donors (Lipinski definition) is 1. The van der Waals surface area contributed by atoms with Crippen LogP contribution < -0.4 is 18.9 Å². The van der Waals surface area contributed by atoms with Crippen LogP contribution in [0.3, 0.4) is 0 Å². The van der Waals surface area contributed by atoms with E-state index in [-0.39, 0.29) is 6.47 Å². The molecule has 248 valence electrons. The summed E-state index contributed by atoms with van der Waals surface area (Å²) in [5.74, 6) is 3.15. The van der Waals surface area contributed by atoms with Gasteiger partial charge >= 0.3 is 0 Å². The molecule has 0 aliphatic carbocycles. The minimum atomic E-state index is -0.250. The van der Waals surface area contributed by atoms with Gasteiger partial charge in [-0.05, 0) is 91.9 Å². The van der Waals surface area contributed by atoms with Gasteiger partial charge in [-0.25, -0.2) is 0 Å². The number of nitriles is 1. The first-order valence-electron chi connectivity index (χ1n) is 15.8. The Morgan fingerprint density at radius 3 is 2.46 bits per heavy atom. The van der Waals surface area contributed by atoms with Crippen molar-refractivity contribution in [1.82, 2.24) is 9.88 Å². The summed E-state index contributed by atoms with van der Waals surface area (Å²) in [6.07, 6.45) is 15.1. The maximum atomic E-state index is 9.28. The van der Waals surface area contributed by atoms with Crippen molar-refractivity contribution in [2.45, 2.75) is 52.9 Å². The largest absolute Gasteiger partial charge is 0.489 e. The molecule has 3 heterocycles. The van der Waals surface area contributed by atoms with Crippen LogP contribution in [0.15, 0.2) is 67.0 Å². The van der Waals surface area contributed by atoms with Gasteiger partial charge in [-0.3, -0.25) is 14.7 Å². The quantitative estimate of drug-likeness (QED) is 0.150. The second-order valence-electron chi connectivity index (χ2n) is 11.4. The van der Waals surface area contributed by atoms with Crippen molar-refractivity contribution in [1.29, 1.82) is 5.26 Å². The summed E-state index contributed by atoms with van der Waals surface area (Å²) in [7, 11) is 0. The topological polar surface area (TPSA) is 114 Å². The average Bonchev–Trinajstić information content (AvgIpc) is 3.13. The summed E-state index contributed by atoms with van der Waals surface area (Å²) >= 11 is 0. The lowest BCUT2D eigenvalue weighted by atomic mass is 9.96. The number of carbonyl (C=O) groups is 1. The highest BCUT2D eigenvalue weighted by molar-refractivity contribution is 5.71. The molecular weight excluding hydrogens is 606 g/mol. The summed E-state index contributed by atoms with van der Waals surface area (Å²) in [6, 6.07) is 20.5. The molecule has 0 saturated carbocycles. The van der Waals surface area contributed by atoms with E-state index in [9.17, 15) is 5.26 Å². The van der Waals surface area contributed by atoms with Gasteiger partial charge in [0.15, 0.2) is 11.5 Å². The molecule has 3 aromatic carbocycles. The molecule has 2 aliphatic heterocycles. The summed E-state index contributed by atoms with van der Waals surface area (Å²) in [5.41, 5.74) is 8.22. The van der Waals surface area contributed by atoms with E-state index in [1.165, 1.54) is 30.4 Å². The van der Waals surface area contributed by atoms with Crippen LogP contribution in [0, 0.1) is 38.0 Å². The molecule has 48 heavy (non-hydrogen) atoms. The summed E-state index contributed by atoms with van der Waals surface area (Å²) in [5, 5.41) is 16.2. The van der Waals surface area contributed by atoms with Gasteiger partial charge in [-0.2, -0.15) is 5.26 Å². The number of hydrogen-bond acceptors (Lipinski definition) is 8. The number of nitrogens with zero attached hydrogens (tertiary/aromatic N) is 3. The maximum Gasteiger partial charge on any atom is 0.290 e. The molecular formula is C39H41N3O6. The monoisotopic (exact) mass is 647 g/mol. The minimum Gasteiger partial charge on any atom is -0.489 e. The molecule has 1 N–H and O–H groups in total. The number of carboxylic acid groups (broad SMARTS) is 1. The number of piperidine rings is 1. The van der Waals surface area contributed by atoms with Crippen molar-refractivity contribution in [3.05, 3.63) is 100 Å². The Bertz CT molecular complexity index is 1740. The van der Waals surface area contributed by atoms with Crippen molar-refractivity contribution >= 4 is 6.47 Å². The number of aryl methyl sites for hydroxylation is 1. The van der Waals surface area contributed by atoms with Gasteiger partial charge in [-0.15, -0.1) is 12.8 Å². The smallest absolute Gasteiger partial charge is 0.290 e. The number of rotatable bonds is 9. The third kappa shape index (κ3) is 9.28. The normalized spacial score (nSPS) is 13.4. The minimum absolute atomic E-state index is 0.250. The Balaban J connectivity index is 0.000000986. The molecule has 9 nitrogen and oxygen atoms in total. The molecule has 0 bridgehead atoms. The molecule has 4 aromatic rings. The Kier molecular flexibility index (Phi) is 13.2. The van der Waals surface area contributed by atoms with E-state index in [1.807, 2.05) is 18.2 Å². The molecule has 6 rings (SSSR count). The second kappa shape index (κ2) is 18.0. The number of ether oxygens (including phenoxy) is 4. The summed E-state index contributed by atoms with van der Waals surface area (Å²) < 4.78 is 24.3. The molecule has 0 unspecified atom stereocenters. The van der Waals surface area contributed by atoms with Crippen molar-refractivity contribution in [3.63, 3.8) is 0 Å². The van der Waals surface area contributed by atoms with Gasteiger partial charge in [0.05, 0.1) is 5.56 Å². The highest BCUT2D eigenvalue weighted by Crippen LogP contribution is 2.37.